The molecule has 0 aliphatic heterocycles. The van der Waals surface area contributed by atoms with Crippen LogP contribution in [0.15, 0.2) is 52.5 Å². The zero-order chi connectivity index (χ0) is 18.4. The third-order valence-electron chi connectivity index (χ3n) is 3.28. The summed E-state index contributed by atoms with van der Waals surface area (Å²) in [6.45, 7) is 3.00. The molecule has 0 saturated carbocycles. The van der Waals surface area contributed by atoms with Crippen molar-refractivity contribution in [3.63, 3.8) is 0 Å². The highest BCUT2D eigenvalue weighted by atomic mass is 32.2. The van der Waals surface area contributed by atoms with Gasteiger partial charge in [-0.2, -0.15) is 13.5 Å². The molecule has 0 radical (unpaired) electrons. The third kappa shape index (κ3) is 5.05. The maximum absolute atomic E-state index is 12.4. The first-order valence-electron chi connectivity index (χ1n) is 7.35. The van der Waals surface area contributed by atoms with Gasteiger partial charge in [-0.25, -0.2) is 9.63 Å². The summed E-state index contributed by atoms with van der Waals surface area (Å²) in [5.74, 6) is -0.818. The van der Waals surface area contributed by atoms with Crippen molar-refractivity contribution >= 4 is 22.2 Å². The number of carboxylic acid groups (broad SMARTS) is 1. The van der Waals surface area contributed by atoms with Crippen molar-refractivity contribution in [3.05, 3.63) is 59.2 Å². The molecule has 0 heterocycles. The quantitative estimate of drug-likeness (QED) is 0.579. The Kier molecular flexibility index (Phi) is 5.76. The number of carboxylic acids is 1. The number of hydrogen-bond acceptors (Lipinski definition) is 5. The minimum absolute atomic E-state index is 0.153. The molecule has 0 aliphatic rings. The molecule has 25 heavy (non-hydrogen) atoms. The zero-order valence-electron chi connectivity index (χ0n) is 13.8. The normalized spacial score (nSPS) is 11.4. The Balaban J connectivity index is 2.18. The molecule has 132 valence electrons. The van der Waals surface area contributed by atoms with Gasteiger partial charge in [-0.05, 0) is 43.2 Å². The van der Waals surface area contributed by atoms with Crippen molar-refractivity contribution in [1.82, 2.24) is 4.83 Å². The number of nitrogens with one attached hydrogen (secondary N) is 1. The van der Waals surface area contributed by atoms with Crippen LogP contribution in [0, 0.1) is 13.8 Å². The first-order valence-corrected chi connectivity index (χ1v) is 8.83. The molecule has 7 nitrogen and oxygen atoms in total. The standard InChI is InChI=1S/C17H18N2O5S/c1-12-7-8-13(2)16(9-12)25(22,23)19-18-10-14-5-3-4-6-15(14)24-11-17(20)21/h3-10,19H,11H2,1-2H3,(H,20,21)/b18-10-. The summed E-state index contributed by atoms with van der Waals surface area (Å²) in [5.41, 5.74) is 1.88. The van der Waals surface area contributed by atoms with Crippen molar-refractivity contribution in [3.8, 4) is 5.75 Å². The van der Waals surface area contributed by atoms with Crippen LogP contribution in [0.3, 0.4) is 0 Å². The molecule has 0 aliphatic carbocycles. The van der Waals surface area contributed by atoms with Crippen LogP contribution in [-0.2, 0) is 14.8 Å². The molecule has 0 saturated heterocycles. The highest BCUT2D eigenvalue weighted by Gasteiger charge is 2.15. The van der Waals surface area contributed by atoms with E-state index >= 15 is 0 Å². The average molecular weight is 362 g/mol. The Bertz CT molecular complexity index is 907. The number of ether oxygens (including phenoxy) is 1. The van der Waals surface area contributed by atoms with Gasteiger partial charge in [0.2, 0.25) is 0 Å². The number of rotatable bonds is 7. The van der Waals surface area contributed by atoms with Gasteiger partial charge in [-0.15, -0.1) is 0 Å². The minimum atomic E-state index is -3.81. The van der Waals surface area contributed by atoms with Crippen molar-refractivity contribution in [2.24, 2.45) is 5.10 Å². The first-order chi connectivity index (χ1) is 11.8. The number of nitrogens with zero attached hydrogens (tertiary/aromatic N) is 1. The van der Waals surface area contributed by atoms with Gasteiger partial charge >= 0.3 is 5.97 Å². The molecule has 2 aromatic rings. The molecule has 0 bridgehead atoms. The van der Waals surface area contributed by atoms with Crippen LogP contribution < -0.4 is 9.57 Å². The summed E-state index contributed by atoms with van der Waals surface area (Å²) >= 11 is 0. The SMILES string of the molecule is Cc1ccc(C)c(S(=O)(=O)N/N=C\c2ccccc2OCC(=O)O)c1. The molecule has 0 unspecified atom stereocenters. The monoisotopic (exact) mass is 362 g/mol. The van der Waals surface area contributed by atoms with E-state index in [4.69, 9.17) is 9.84 Å². The van der Waals surface area contributed by atoms with E-state index in [2.05, 4.69) is 9.93 Å². The molecule has 0 spiro atoms. The van der Waals surface area contributed by atoms with E-state index in [0.717, 1.165) is 5.56 Å². The minimum Gasteiger partial charge on any atom is -0.481 e. The Morgan fingerprint density at radius 2 is 1.96 bits per heavy atom. The molecule has 0 fully saturated rings. The fourth-order valence-corrected chi connectivity index (χ4v) is 3.19. The molecule has 8 heteroatoms. The highest BCUT2D eigenvalue weighted by molar-refractivity contribution is 7.89. The second-order valence-electron chi connectivity index (χ2n) is 5.34. The lowest BCUT2D eigenvalue weighted by Crippen LogP contribution is -2.19. The summed E-state index contributed by atoms with van der Waals surface area (Å²) in [5, 5.41) is 12.4. The first kappa shape index (κ1) is 18.5. The maximum Gasteiger partial charge on any atom is 0.341 e. The molecule has 0 aromatic heterocycles. The fourth-order valence-electron chi connectivity index (χ4n) is 2.07. The molecule has 2 N–H and O–H groups in total. The molecular formula is C17H18N2O5S. The van der Waals surface area contributed by atoms with E-state index in [1.807, 2.05) is 6.07 Å². The van der Waals surface area contributed by atoms with Crippen molar-refractivity contribution in [2.75, 3.05) is 6.61 Å². The number of carbonyl (C=O) groups is 1. The Morgan fingerprint density at radius 1 is 1.24 bits per heavy atom. The Hall–Kier alpha value is -2.87. The van der Waals surface area contributed by atoms with Gasteiger partial charge in [0, 0.05) is 5.56 Å². The van der Waals surface area contributed by atoms with Crippen LogP contribution >= 0.6 is 0 Å². The summed E-state index contributed by atoms with van der Waals surface area (Å²) < 4.78 is 29.9. The average Bonchev–Trinajstić information content (AvgIpc) is 2.56. The molecule has 2 rings (SSSR count). The Labute approximate surface area is 146 Å². The van der Waals surface area contributed by atoms with E-state index in [-0.39, 0.29) is 4.90 Å². The topological polar surface area (TPSA) is 105 Å². The highest BCUT2D eigenvalue weighted by Crippen LogP contribution is 2.17. The zero-order valence-corrected chi connectivity index (χ0v) is 14.6. The van der Waals surface area contributed by atoms with E-state index in [1.54, 1.807) is 50.2 Å². The van der Waals surface area contributed by atoms with E-state index in [1.165, 1.54) is 6.21 Å². The summed E-state index contributed by atoms with van der Waals surface area (Å²) in [7, 11) is -3.81. The number of benzene rings is 2. The second kappa shape index (κ2) is 7.80. The molecule has 0 amide bonds. The maximum atomic E-state index is 12.4. The summed E-state index contributed by atoms with van der Waals surface area (Å²) in [4.78, 5) is 12.9. The summed E-state index contributed by atoms with van der Waals surface area (Å²) in [6, 6.07) is 11.7. The predicted octanol–water partition coefficient (Wildman–Crippen LogP) is 2.08. The van der Waals surface area contributed by atoms with Gasteiger partial charge in [0.15, 0.2) is 6.61 Å². The van der Waals surface area contributed by atoms with Gasteiger partial charge in [0.05, 0.1) is 11.1 Å². The number of aryl methyl sites for hydroxylation is 2. The molecular weight excluding hydrogens is 344 g/mol. The van der Waals surface area contributed by atoms with Crippen molar-refractivity contribution in [1.29, 1.82) is 0 Å². The number of aliphatic carboxylic acids is 1. The van der Waals surface area contributed by atoms with Crippen LogP contribution in [0.1, 0.15) is 16.7 Å². The second-order valence-corrected chi connectivity index (χ2v) is 6.97. The van der Waals surface area contributed by atoms with Crippen molar-refractivity contribution in [2.45, 2.75) is 18.7 Å². The van der Waals surface area contributed by atoms with Crippen LogP contribution in [0.2, 0.25) is 0 Å². The van der Waals surface area contributed by atoms with Gasteiger partial charge in [0.25, 0.3) is 10.0 Å². The van der Waals surface area contributed by atoms with Crippen molar-refractivity contribution < 1.29 is 23.1 Å². The Morgan fingerprint density at radius 3 is 2.68 bits per heavy atom. The molecule has 2 aromatic carbocycles. The van der Waals surface area contributed by atoms with Gasteiger partial charge in [-0.3, -0.25) is 0 Å². The number of hydrogen-bond donors (Lipinski definition) is 2. The van der Waals surface area contributed by atoms with Crippen LogP contribution in [0.25, 0.3) is 0 Å². The van der Waals surface area contributed by atoms with Gasteiger partial charge < -0.3 is 9.84 Å². The van der Waals surface area contributed by atoms with Gasteiger partial charge in [-0.1, -0.05) is 24.3 Å². The fraction of sp³-hybridized carbons (Fsp3) is 0.176. The number of sulfonamides is 1. The van der Waals surface area contributed by atoms with Crippen LogP contribution in [0.5, 0.6) is 5.75 Å². The molecule has 0 atom stereocenters. The van der Waals surface area contributed by atoms with Crippen LogP contribution in [-0.4, -0.2) is 32.3 Å². The van der Waals surface area contributed by atoms with E-state index < -0.39 is 22.6 Å². The van der Waals surface area contributed by atoms with E-state index in [0.29, 0.717) is 16.9 Å². The van der Waals surface area contributed by atoms with Crippen LogP contribution in [0.4, 0.5) is 0 Å². The predicted molar refractivity (Wildman–Crippen MR) is 93.4 cm³/mol. The van der Waals surface area contributed by atoms with E-state index in [9.17, 15) is 13.2 Å². The summed E-state index contributed by atoms with van der Waals surface area (Å²) in [6.07, 6.45) is 1.26. The van der Waals surface area contributed by atoms with Gasteiger partial charge in [0.1, 0.15) is 5.75 Å². The smallest absolute Gasteiger partial charge is 0.341 e. The number of hydrazone groups is 1. The lowest BCUT2D eigenvalue weighted by atomic mass is 10.2. The third-order valence-corrected chi connectivity index (χ3v) is 4.64. The number of para-hydroxylation sites is 1. The lowest BCUT2D eigenvalue weighted by molar-refractivity contribution is -0.139. The largest absolute Gasteiger partial charge is 0.481 e. The lowest BCUT2D eigenvalue weighted by Gasteiger charge is -2.08.